The van der Waals surface area contributed by atoms with Crippen molar-refractivity contribution in [1.82, 2.24) is 0 Å². The molecule has 3 heteroatoms. The van der Waals surface area contributed by atoms with Gasteiger partial charge in [0.05, 0.1) is 12.7 Å². The number of hydrogen-bond acceptors (Lipinski definition) is 3. The maximum Gasteiger partial charge on any atom is 0.305 e. The van der Waals surface area contributed by atoms with Crippen molar-refractivity contribution in [3.8, 4) is 0 Å². The molecule has 0 unspecified atom stereocenters. The fourth-order valence-corrected chi connectivity index (χ4v) is 8.36. The Bertz CT molecular complexity index is 790. The van der Waals surface area contributed by atoms with E-state index in [4.69, 9.17) is 4.74 Å². The van der Waals surface area contributed by atoms with Crippen LogP contribution in [0.5, 0.6) is 0 Å². The van der Waals surface area contributed by atoms with Gasteiger partial charge in [-0.25, -0.2) is 0 Å². The second-order valence-electron chi connectivity index (χ2n) is 12.0. The molecule has 0 bridgehead atoms. The van der Waals surface area contributed by atoms with Crippen LogP contribution in [-0.4, -0.2) is 23.8 Å². The maximum atomic E-state index is 11.9. The van der Waals surface area contributed by atoms with Gasteiger partial charge in [-0.05, 0) is 103 Å². The summed E-state index contributed by atoms with van der Waals surface area (Å²) in [5.41, 5.74) is 5.55. The number of rotatable bonds is 5. The Labute approximate surface area is 189 Å². The lowest BCUT2D eigenvalue weighted by molar-refractivity contribution is -0.143. The van der Waals surface area contributed by atoms with Crippen LogP contribution in [0.25, 0.3) is 0 Å². The Balaban J connectivity index is 1.56. The fraction of sp³-hybridized carbons (Fsp3) is 0.821. The molecule has 4 aliphatic carbocycles. The van der Waals surface area contributed by atoms with Crippen LogP contribution >= 0.6 is 0 Å². The monoisotopic (exact) mass is 428 g/mol. The average molecular weight is 429 g/mol. The minimum atomic E-state index is -0.170. The van der Waals surface area contributed by atoms with Gasteiger partial charge in [0.2, 0.25) is 0 Å². The molecule has 0 saturated heterocycles. The quantitative estimate of drug-likeness (QED) is 0.501. The lowest BCUT2D eigenvalue weighted by Crippen LogP contribution is -2.53. The molecule has 4 aliphatic rings. The highest BCUT2D eigenvalue weighted by Crippen LogP contribution is 2.66. The largest absolute Gasteiger partial charge is 0.466 e. The van der Waals surface area contributed by atoms with Gasteiger partial charge in [-0.1, -0.05) is 46.3 Å². The van der Waals surface area contributed by atoms with Crippen molar-refractivity contribution in [3.05, 3.63) is 22.8 Å². The molecule has 4 rings (SSSR count). The van der Waals surface area contributed by atoms with E-state index in [1.807, 2.05) is 6.92 Å². The third kappa shape index (κ3) is 3.54. The minimum absolute atomic E-state index is 0.000480. The topological polar surface area (TPSA) is 46.5 Å². The lowest BCUT2D eigenvalue weighted by Gasteiger charge is -2.59. The fourth-order valence-electron chi connectivity index (χ4n) is 8.36. The third-order valence-electron chi connectivity index (χ3n) is 10.2. The predicted octanol–water partition coefficient (Wildman–Crippen LogP) is 6.61. The first-order valence-electron chi connectivity index (χ1n) is 12.8. The lowest BCUT2D eigenvalue weighted by atomic mass is 9.46. The third-order valence-corrected chi connectivity index (χ3v) is 10.2. The molecular formula is C28H44O3. The molecule has 1 N–H and O–H groups in total. The second kappa shape index (κ2) is 8.04. The summed E-state index contributed by atoms with van der Waals surface area (Å²) in [4.78, 5) is 11.9. The zero-order valence-electron chi connectivity index (χ0n) is 20.7. The number of allylic oxidation sites excluding steroid dienone is 4. The Hall–Kier alpha value is -1.09. The molecule has 3 nitrogen and oxygen atoms in total. The van der Waals surface area contributed by atoms with Crippen LogP contribution in [0.2, 0.25) is 0 Å². The van der Waals surface area contributed by atoms with Crippen molar-refractivity contribution in [2.45, 2.75) is 105 Å². The van der Waals surface area contributed by atoms with Gasteiger partial charge >= 0.3 is 5.97 Å². The highest BCUT2D eigenvalue weighted by molar-refractivity contribution is 5.69. The summed E-state index contributed by atoms with van der Waals surface area (Å²) in [5.74, 6) is 1.68. The summed E-state index contributed by atoms with van der Waals surface area (Å²) in [5, 5.41) is 10.7. The van der Waals surface area contributed by atoms with E-state index < -0.39 is 0 Å². The molecule has 0 radical (unpaired) electrons. The van der Waals surface area contributed by atoms with E-state index in [0.29, 0.717) is 30.8 Å². The van der Waals surface area contributed by atoms with Crippen LogP contribution in [0.15, 0.2) is 22.8 Å². The SMILES string of the molecule is CCOC(=O)CC[C@@H](C)[C@H]1CC=C2C3=C(CC[C@@]21C)[C@@]1(C)CC[C@H](O)C(C)(C)[C@@H]1CC3. The number of fused-ring (bicyclic) bond motifs is 4. The van der Waals surface area contributed by atoms with E-state index in [-0.39, 0.29) is 28.3 Å². The van der Waals surface area contributed by atoms with Crippen molar-refractivity contribution in [1.29, 1.82) is 0 Å². The van der Waals surface area contributed by atoms with Gasteiger partial charge in [0.15, 0.2) is 0 Å². The Morgan fingerprint density at radius 1 is 1.16 bits per heavy atom. The molecule has 174 valence electrons. The number of esters is 1. The molecule has 0 spiro atoms. The number of hydrogen-bond donors (Lipinski definition) is 1. The van der Waals surface area contributed by atoms with Crippen molar-refractivity contribution in [3.63, 3.8) is 0 Å². The first kappa shape index (κ1) is 23.1. The normalized spacial score (nSPS) is 39.8. The Kier molecular flexibility index (Phi) is 5.99. The van der Waals surface area contributed by atoms with E-state index in [2.05, 4.69) is 40.7 Å². The van der Waals surface area contributed by atoms with Gasteiger partial charge in [-0.15, -0.1) is 0 Å². The van der Waals surface area contributed by atoms with Gasteiger partial charge in [0.25, 0.3) is 0 Å². The summed E-state index contributed by atoms with van der Waals surface area (Å²) in [6, 6.07) is 0. The molecule has 1 fully saturated rings. The van der Waals surface area contributed by atoms with Crippen LogP contribution in [-0.2, 0) is 9.53 Å². The number of carbonyl (C=O) groups is 1. The number of aliphatic hydroxyl groups excluding tert-OH is 1. The van der Waals surface area contributed by atoms with Crippen LogP contribution in [0, 0.1) is 34.0 Å². The summed E-state index contributed by atoms with van der Waals surface area (Å²) < 4.78 is 5.17. The molecule has 0 aliphatic heterocycles. The molecule has 1 saturated carbocycles. The van der Waals surface area contributed by atoms with Gasteiger partial charge in [0, 0.05) is 6.42 Å². The average Bonchev–Trinajstić information content (AvgIpc) is 3.07. The highest BCUT2D eigenvalue weighted by atomic mass is 16.5. The van der Waals surface area contributed by atoms with E-state index in [9.17, 15) is 9.90 Å². The summed E-state index contributed by atoms with van der Waals surface area (Å²) >= 11 is 0. The molecule has 6 atom stereocenters. The van der Waals surface area contributed by atoms with Gasteiger partial charge in [-0.2, -0.15) is 0 Å². The van der Waals surface area contributed by atoms with Gasteiger partial charge in [-0.3, -0.25) is 4.79 Å². The molecule has 0 aromatic rings. The van der Waals surface area contributed by atoms with Gasteiger partial charge in [0.1, 0.15) is 0 Å². The van der Waals surface area contributed by atoms with Crippen LogP contribution in [0.1, 0.15) is 99.3 Å². The number of carbonyl (C=O) groups excluding carboxylic acids is 1. The maximum absolute atomic E-state index is 11.9. The van der Waals surface area contributed by atoms with Crippen LogP contribution < -0.4 is 0 Å². The number of ether oxygens (including phenoxy) is 1. The minimum Gasteiger partial charge on any atom is -0.466 e. The van der Waals surface area contributed by atoms with E-state index in [1.54, 1.807) is 16.7 Å². The smallest absolute Gasteiger partial charge is 0.305 e. The summed E-state index contributed by atoms with van der Waals surface area (Å²) in [7, 11) is 0. The summed E-state index contributed by atoms with van der Waals surface area (Å²) in [6.45, 7) is 14.3. The molecular weight excluding hydrogens is 384 g/mol. The Morgan fingerprint density at radius 3 is 2.61 bits per heavy atom. The molecule has 0 aromatic carbocycles. The zero-order chi connectivity index (χ0) is 22.6. The standard InChI is InChI=1S/C28H44O3/c1-7-31-25(30)13-8-18(2)20-10-11-21-19-9-12-23-26(3,4)24(29)15-17-28(23,6)22(19)14-16-27(20,21)5/h11,18,20,23-24,29H,7-10,12-17H2,1-6H3/t18-,20-,23+,24+,27-,28-/m1/s1. The summed E-state index contributed by atoms with van der Waals surface area (Å²) in [6.07, 6.45) is 11.9. The van der Waals surface area contributed by atoms with Crippen LogP contribution in [0.4, 0.5) is 0 Å². The van der Waals surface area contributed by atoms with E-state index >= 15 is 0 Å². The molecule has 31 heavy (non-hydrogen) atoms. The first-order chi connectivity index (χ1) is 14.6. The molecule has 0 heterocycles. The Morgan fingerprint density at radius 2 is 1.90 bits per heavy atom. The van der Waals surface area contributed by atoms with Crippen molar-refractivity contribution in [2.24, 2.45) is 34.0 Å². The number of aliphatic hydroxyl groups is 1. The van der Waals surface area contributed by atoms with Crippen molar-refractivity contribution < 1.29 is 14.6 Å². The zero-order valence-corrected chi connectivity index (χ0v) is 20.7. The van der Waals surface area contributed by atoms with E-state index in [0.717, 1.165) is 25.7 Å². The van der Waals surface area contributed by atoms with Gasteiger partial charge < -0.3 is 9.84 Å². The second-order valence-corrected chi connectivity index (χ2v) is 12.0. The highest BCUT2D eigenvalue weighted by Gasteiger charge is 2.57. The van der Waals surface area contributed by atoms with Crippen LogP contribution in [0.3, 0.4) is 0 Å². The van der Waals surface area contributed by atoms with E-state index in [1.165, 1.54) is 25.7 Å². The van der Waals surface area contributed by atoms with Crippen molar-refractivity contribution in [2.75, 3.05) is 6.61 Å². The first-order valence-corrected chi connectivity index (χ1v) is 12.8. The molecule has 0 amide bonds. The van der Waals surface area contributed by atoms with Crippen molar-refractivity contribution >= 4 is 5.97 Å². The predicted molar refractivity (Wildman–Crippen MR) is 125 cm³/mol. The molecule has 0 aromatic heterocycles.